The summed E-state index contributed by atoms with van der Waals surface area (Å²) in [4.78, 5) is 25.6. The van der Waals surface area contributed by atoms with Crippen LogP contribution in [-0.4, -0.2) is 26.0 Å². The maximum atomic E-state index is 14.5. The van der Waals surface area contributed by atoms with Crippen LogP contribution in [0.3, 0.4) is 0 Å². The number of amides is 2. The lowest BCUT2D eigenvalue weighted by Gasteiger charge is -2.17. The van der Waals surface area contributed by atoms with Crippen molar-refractivity contribution in [2.24, 2.45) is 0 Å². The van der Waals surface area contributed by atoms with Crippen LogP contribution in [0.2, 0.25) is 0 Å². The minimum atomic E-state index is -0.794. The van der Waals surface area contributed by atoms with Gasteiger partial charge in [-0.3, -0.25) is 9.59 Å². The Labute approximate surface area is 125 Å². The molecule has 2 aromatic carbocycles. The summed E-state index contributed by atoms with van der Waals surface area (Å²) >= 11 is 0. The fourth-order valence-corrected chi connectivity index (χ4v) is 2.40. The third-order valence-corrected chi connectivity index (χ3v) is 3.48. The molecule has 0 fully saturated rings. The Morgan fingerprint density at radius 1 is 0.955 bits per heavy atom. The summed E-state index contributed by atoms with van der Waals surface area (Å²) in [6.07, 6.45) is 0. The maximum Gasteiger partial charge on any atom is 0.266 e. The van der Waals surface area contributed by atoms with Gasteiger partial charge in [0.25, 0.3) is 11.8 Å². The predicted octanol–water partition coefficient (Wildman–Crippen LogP) is 2.64. The number of benzene rings is 2. The Kier molecular flexibility index (Phi) is 3.29. The van der Waals surface area contributed by atoms with Gasteiger partial charge in [0.05, 0.1) is 31.0 Å². The van der Waals surface area contributed by atoms with Crippen LogP contribution in [0.15, 0.2) is 36.4 Å². The molecule has 0 saturated heterocycles. The van der Waals surface area contributed by atoms with Crippen LogP contribution in [0, 0.1) is 5.82 Å². The van der Waals surface area contributed by atoms with Gasteiger partial charge in [0.2, 0.25) is 0 Å². The summed E-state index contributed by atoms with van der Waals surface area (Å²) in [6.45, 7) is 0. The molecule has 2 amide bonds. The van der Waals surface area contributed by atoms with E-state index in [1.165, 1.54) is 38.5 Å². The highest BCUT2D eigenvalue weighted by Gasteiger charge is 2.38. The van der Waals surface area contributed by atoms with Gasteiger partial charge in [0.15, 0.2) is 11.6 Å². The number of fused-ring (bicyclic) bond motifs is 1. The Morgan fingerprint density at radius 2 is 1.55 bits per heavy atom. The number of carbonyl (C=O) groups excluding carboxylic acids is 2. The summed E-state index contributed by atoms with van der Waals surface area (Å²) in [5.41, 5.74) is 0.296. The zero-order valence-corrected chi connectivity index (χ0v) is 11.9. The summed E-state index contributed by atoms with van der Waals surface area (Å²) in [5.74, 6) is -1.77. The normalized spacial score (nSPS) is 13.3. The van der Waals surface area contributed by atoms with E-state index in [0.29, 0.717) is 0 Å². The Hall–Kier alpha value is -2.89. The first-order chi connectivity index (χ1) is 10.6. The first kappa shape index (κ1) is 14.1. The second-order valence-electron chi connectivity index (χ2n) is 4.65. The van der Waals surface area contributed by atoms with Gasteiger partial charge >= 0.3 is 0 Å². The molecule has 6 heteroatoms. The fraction of sp³-hybridized carbons (Fsp3) is 0.125. The summed E-state index contributed by atoms with van der Waals surface area (Å²) < 4.78 is 24.5. The van der Waals surface area contributed by atoms with Crippen LogP contribution < -0.4 is 14.4 Å². The first-order valence-corrected chi connectivity index (χ1v) is 6.47. The van der Waals surface area contributed by atoms with Crippen molar-refractivity contribution < 1.29 is 23.5 Å². The largest absolute Gasteiger partial charge is 0.497 e. The van der Waals surface area contributed by atoms with E-state index >= 15 is 0 Å². The second-order valence-corrected chi connectivity index (χ2v) is 4.65. The molecule has 1 heterocycles. The second kappa shape index (κ2) is 5.14. The zero-order chi connectivity index (χ0) is 15.9. The molecule has 0 saturated carbocycles. The molecular weight excluding hydrogens is 289 g/mol. The van der Waals surface area contributed by atoms with Gasteiger partial charge in [-0.2, -0.15) is 0 Å². The zero-order valence-electron chi connectivity index (χ0n) is 11.9. The number of hydrogen-bond donors (Lipinski definition) is 0. The third kappa shape index (κ3) is 1.92. The fourth-order valence-electron chi connectivity index (χ4n) is 2.40. The van der Waals surface area contributed by atoms with Crippen LogP contribution in [0.25, 0.3) is 0 Å². The molecule has 0 radical (unpaired) electrons. The third-order valence-electron chi connectivity index (χ3n) is 3.48. The summed E-state index contributed by atoms with van der Waals surface area (Å²) in [7, 11) is 2.70. The summed E-state index contributed by atoms with van der Waals surface area (Å²) in [6, 6.07) is 9.00. The van der Waals surface area contributed by atoms with Crippen molar-refractivity contribution >= 4 is 17.5 Å². The molecule has 112 valence electrons. The van der Waals surface area contributed by atoms with Crippen LogP contribution in [0.4, 0.5) is 10.1 Å². The number of imide groups is 1. The van der Waals surface area contributed by atoms with E-state index in [-0.39, 0.29) is 28.3 Å². The van der Waals surface area contributed by atoms with Crippen molar-refractivity contribution in [1.82, 2.24) is 0 Å². The van der Waals surface area contributed by atoms with E-state index in [2.05, 4.69) is 0 Å². The van der Waals surface area contributed by atoms with E-state index in [0.717, 1.165) is 4.90 Å². The Bertz CT molecular complexity index is 753. The van der Waals surface area contributed by atoms with Crippen molar-refractivity contribution in [3.05, 3.63) is 53.3 Å². The SMILES string of the molecule is COc1cc(OC)c(F)c(N2C(=O)c3ccccc3C2=O)c1. The van der Waals surface area contributed by atoms with Gasteiger partial charge in [0, 0.05) is 12.1 Å². The molecule has 1 aliphatic rings. The minimum Gasteiger partial charge on any atom is -0.497 e. The van der Waals surface area contributed by atoms with E-state index in [1.54, 1.807) is 12.1 Å². The highest BCUT2D eigenvalue weighted by atomic mass is 19.1. The number of ether oxygens (including phenoxy) is 2. The number of methoxy groups -OCH3 is 2. The molecule has 3 rings (SSSR count). The van der Waals surface area contributed by atoms with Crippen molar-refractivity contribution in [2.75, 3.05) is 19.1 Å². The first-order valence-electron chi connectivity index (χ1n) is 6.47. The average molecular weight is 301 g/mol. The maximum absolute atomic E-state index is 14.5. The monoisotopic (exact) mass is 301 g/mol. The molecule has 0 aromatic heterocycles. The predicted molar refractivity (Wildman–Crippen MR) is 77.1 cm³/mol. The number of nitrogens with zero attached hydrogens (tertiary/aromatic N) is 1. The van der Waals surface area contributed by atoms with Crippen molar-refractivity contribution in [1.29, 1.82) is 0 Å². The van der Waals surface area contributed by atoms with Crippen molar-refractivity contribution in [3.8, 4) is 11.5 Å². The van der Waals surface area contributed by atoms with Crippen molar-refractivity contribution in [2.45, 2.75) is 0 Å². The topological polar surface area (TPSA) is 55.8 Å². The highest BCUT2D eigenvalue weighted by Crippen LogP contribution is 2.37. The molecule has 0 unspecified atom stereocenters. The summed E-state index contributed by atoms with van der Waals surface area (Å²) in [5, 5.41) is 0. The van der Waals surface area contributed by atoms with E-state index in [4.69, 9.17) is 9.47 Å². The average Bonchev–Trinajstić information content (AvgIpc) is 2.80. The molecule has 0 atom stereocenters. The minimum absolute atomic E-state index is 0.106. The number of anilines is 1. The molecule has 0 N–H and O–H groups in total. The molecule has 0 spiro atoms. The highest BCUT2D eigenvalue weighted by molar-refractivity contribution is 6.34. The van der Waals surface area contributed by atoms with Crippen LogP contribution in [0.5, 0.6) is 11.5 Å². The van der Waals surface area contributed by atoms with Crippen LogP contribution in [0.1, 0.15) is 20.7 Å². The van der Waals surface area contributed by atoms with Gasteiger partial charge in [-0.1, -0.05) is 12.1 Å². The van der Waals surface area contributed by atoms with Gasteiger partial charge in [0.1, 0.15) is 5.75 Å². The lowest BCUT2D eigenvalue weighted by molar-refractivity contribution is 0.0924. The van der Waals surface area contributed by atoms with Gasteiger partial charge in [-0.15, -0.1) is 0 Å². The standard InChI is InChI=1S/C16H12FNO4/c1-21-9-7-12(14(17)13(8-9)22-2)18-15(19)10-5-3-4-6-11(10)16(18)20/h3-8H,1-2H3. The molecular formula is C16H12FNO4. The molecule has 0 bridgehead atoms. The van der Waals surface area contributed by atoms with E-state index in [1.807, 2.05) is 0 Å². The lowest BCUT2D eigenvalue weighted by atomic mass is 10.1. The molecule has 22 heavy (non-hydrogen) atoms. The van der Waals surface area contributed by atoms with Crippen LogP contribution >= 0.6 is 0 Å². The van der Waals surface area contributed by atoms with Gasteiger partial charge < -0.3 is 9.47 Å². The van der Waals surface area contributed by atoms with Crippen LogP contribution in [-0.2, 0) is 0 Å². The molecule has 1 aliphatic heterocycles. The lowest BCUT2D eigenvalue weighted by Crippen LogP contribution is -2.30. The Balaban J connectivity index is 2.17. The number of hydrogen-bond acceptors (Lipinski definition) is 4. The molecule has 2 aromatic rings. The van der Waals surface area contributed by atoms with Crippen molar-refractivity contribution in [3.63, 3.8) is 0 Å². The number of halogens is 1. The van der Waals surface area contributed by atoms with Gasteiger partial charge in [-0.05, 0) is 12.1 Å². The number of rotatable bonds is 3. The molecule has 0 aliphatic carbocycles. The van der Waals surface area contributed by atoms with E-state index < -0.39 is 17.6 Å². The van der Waals surface area contributed by atoms with E-state index in [9.17, 15) is 14.0 Å². The van der Waals surface area contributed by atoms with Gasteiger partial charge in [-0.25, -0.2) is 9.29 Å². The quantitative estimate of drug-likeness (QED) is 0.818. The number of carbonyl (C=O) groups is 2. The Morgan fingerprint density at radius 3 is 2.05 bits per heavy atom. The molecule has 5 nitrogen and oxygen atoms in total. The smallest absolute Gasteiger partial charge is 0.266 e.